The summed E-state index contributed by atoms with van der Waals surface area (Å²) < 4.78 is 21.0. The zero-order valence-electron chi connectivity index (χ0n) is 17.0. The number of ether oxygens (including phenoxy) is 4. The van der Waals surface area contributed by atoms with E-state index in [4.69, 9.17) is 18.9 Å². The third-order valence-corrected chi connectivity index (χ3v) is 4.14. The van der Waals surface area contributed by atoms with Crippen molar-refractivity contribution in [1.82, 2.24) is 0 Å². The summed E-state index contributed by atoms with van der Waals surface area (Å²) in [4.78, 5) is 11.1. The lowest BCUT2D eigenvalue weighted by Gasteiger charge is -2.10. The van der Waals surface area contributed by atoms with Gasteiger partial charge in [-0.25, -0.2) is 0 Å². The van der Waals surface area contributed by atoms with Crippen LogP contribution in [-0.2, 0) is 14.3 Å². The number of benzene rings is 2. The highest BCUT2D eigenvalue weighted by molar-refractivity contribution is 5.92. The maximum Gasteiger partial charge on any atom is 0.177 e. The topological polar surface area (TPSA) is 54.0 Å². The molecule has 0 bridgehead atoms. The van der Waals surface area contributed by atoms with E-state index in [1.54, 1.807) is 34.5 Å². The molecule has 0 heterocycles. The van der Waals surface area contributed by atoms with Crippen LogP contribution in [0.5, 0.6) is 11.5 Å². The van der Waals surface area contributed by atoms with Gasteiger partial charge in [0.25, 0.3) is 0 Å². The number of methoxy groups -OCH3 is 4. The van der Waals surface area contributed by atoms with Crippen molar-refractivity contribution in [2.24, 2.45) is 0 Å². The molecule has 2 aromatic carbocycles. The van der Waals surface area contributed by atoms with E-state index in [9.17, 15) is 4.79 Å². The van der Waals surface area contributed by atoms with Gasteiger partial charge < -0.3 is 18.9 Å². The Balaban J connectivity index is 2.46. The van der Waals surface area contributed by atoms with Crippen molar-refractivity contribution in [3.8, 4) is 23.3 Å². The lowest BCUT2D eigenvalue weighted by molar-refractivity contribution is -0.104. The number of allylic oxidation sites excluding steroid dienone is 3. The number of carbonyl (C=O) groups is 1. The van der Waals surface area contributed by atoms with Gasteiger partial charge in [-0.15, -0.1) is 0 Å². The van der Waals surface area contributed by atoms with Crippen LogP contribution in [0.1, 0.15) is 11.1 Å². The minimum Gasteiger partial charge on any atom is -0.497 e. The summed E-state index contributed by atoms with van der Waals surface area (Å²) in [6, 6.07) is 14.9. The maximum atomic E-state index is 11.1. The van der Waals surface area contributed by atoms with E-state index in [0.717, 1.165) is 28.9 Å². The van der Waals surface area contributed by atoms with Crippen LogP contribution in [0.3, 0.4) is 0 Å². The van der Waals surface area contributed by atoms with E-state index in [0.29, 0.717) is 11.1 Å². The predicted octanol–water partition coefficient (Wildman–Crippen LogP) is 3.99. The Morgan fingerprint density at radius 2 is 1.21 bits per heavy atom. The molecule has 0 atom stereocenters. The van der Waals surface area contributed by atoms with Gasteiger partial charge in [0.15, 0.2) is 6.29 Å². The summed E-state index contributed by atoms with van der Waals surface area (Å²) in [5, 5.41) is 0. The fourth-order valence-corrected chi connectivity index (χ4v) is 2.53. The number of hydrogen-bond acceptors (Lipinski definition) is 5. The molecule has 0 N–H and O–H groups in total. The van der Waals surface area contributed by atoms with Crippen LogP contribution in [0.2, 0.25) is 0 Å². The molecule has 0 amide bonds. The van der Waals surface area contributed by atoms with Crippen molar-refractivity contribution in [3.05, 3.63) is 71.8 Å². The molecule has 5 nitrogen and oxygen atoms in total. The highest BCUT2D eigenvalue weighted by atomic mass is 16.7. The first kappa shape index (κ1) is 22.0. The fourth-order valence-electron chi connectivity index (χ4n) is 2.53. The smallest absolute Gasteiger partial charge is 0.177 e. The summed E-state index contributed by atoms with van der Waals surface area (Å²) in [5.74, 6) is 7.70. The van der Waals surface area contributed by atoms with Crippen LogP contribution in [0, 0.1) is 11.8 Å². The van der Waals surface area contributed by atoms with Gasteiger partial charge in [-0.3, -0.25) is 4.79 Å². The largest absolute Gasteiger partial charge is 0.497 e. The second-order valence-electron chi connectivity index (χ2n) is 5.84. The van der Waals surface area contributed by atoms with Crippen molar-refractivity contribution in [1.29, 1.82) is 0 Å². The Morgan fingerprint density at radius 1 is 0.759 bits per heavy atom. The molecule has 2 aromatic rings. The molecular formula is C24H24O5. The minimum atomic E-state index is -0.555. The molecule has 29 heavy (non-hydrogen) atoms. The Bertz CT molecular complexity index is 908. The molecule has 0 aliphatic heterocycles. The number of hydrogen-bond donors (Lipinski definition) is 0. The van der Waals surface area contributed by atoms with Gasteiger partial charge in [-0.05, 0) is 47.5 Å². The lowest BCUT2D eigenvalue weighted by Crippen LogP contribution is -2.09. The van der Waals surface area contributed by atoms with E-state index < -0.39 is 6.29 Å². The molecule has 0 saturated heterocycles. The van der Waals surface area contributed by atoms with Gasteiger partial charge in [0.2, 0.25) is 0 Å². The van der Waals surface area contributed by atoms with Crippen LogP contribution in [0.15, 0.2) is 60.7 Å². The van der Waals surface area contributed by atoms with E-state index >= 15 is 0 Å². The van der Waals surface area contributed by atoms with Crippen molar-refractivity contribution in [2.75, 3.05) is 28.4 Å². The molecule has 0 spiro atoms. The monoisotopic (exact) mass is 392 g/mol. The van der Waals surface area contributed by atoms with Crippen LogP contribution >= 0.6 is 0 Å². The molecule has 0 saturated carbocycles. The summed E-state index contributed by atoms with van der Waals surface area (Å²) in [5.41, 5.74) is 2.98. The molecule has 0 aliphatic rings. The average Bonchev–Trinajstić information content (AvgIpc) is 2.78. The second-order valence-corrected chi connectivity index (χ2v) is 5.84. The molecule has 0 radical (unpaired) electrons. The van der Waals surface area contributed by atoms with Gasteiger partial charge in [-0.2, -0.15) is 0 Å². The summed E-state index contributed by atoms with van der Waals surface area (Å²) in [7, 11) is 6.32. The third kappa shape index (κ3) is 6.35. The highest BCUT2D eigenvalue weighted by Crippen LogP contribution is 2.21. The standard InChI is InChI=1S/C24H24O5/c1-26-22-11-7-18(8-12-22)20(15-16-25)5-6-21(17-24(28-3)29-4)19-9-13-23(27-2)14-10-19/h7-17,24H,1-4H3. The molecule has 0 fully saturated rings. The predicted molar refractivity (Wildman–Crippen MR) is 114 cm³/mol. The van der Waals surface area contributed by atoms with Crippen molar-refractivity contribution < 1.29 is 23.7 Å². The number of aldehydes is 1. The first-order valence-corrected chi connectivity index (χ1v) is 8.89. The average molecular weight is 392 g/mol. The quantitative estimate of drug-likeness (QED) is 0.294. The Hall–Kier alpha value is -3.33. The fraction of sp³-hybridized carbons (Fsp3) is 0.208. The van der Waals surface area contributed by atoms with E-state index in [1.807, 2.05) is 48.5 Å². The van der Waals surface area contributed by atoms with Crippen molar-refractivity contribution >= 4 is 17.4 Å². The molecule has 0 unspecified atom stereocenters. The van der Waals surface area contributed by atoms with E-state index in [1.165, 1.54) is 6.08 Å². The number of carbonyl (C=O) groups excluding carboxylic acids is 1. The summed E-state index contributed by atoms with van der Waals surface area (Å²) >= 11 is 0. The lowest BCUT2D eigenvalue weighted by atomic mass is 10.0. The van der Waals surface area contributed by atoms with Gasteiger partial charge in [0.1, 0.15) is 17.8 Å². The Morgan fingerprint density at radius 3 is 1.62 bits per heavy atom. The highest BCUT2D eigenvalue weighted by Gasteiger charge is 2.07. The molecule has 0 aromatic heterocycles. The van der Waals surface area contributed by atoms with Gasteiger partial charge in [0.05, 0.1) is 14.2 Å². The molecular weight excluding hydrogens is 368 g/mol. The third-order valence-electron chi connectivity index (χ3n) is 4.14. The zero-order valence-corrected chi connectivity index (χ0v) is 17.0. The molecule has 5 heteroatoms. The second kappa shape index (κ2) is 11.5. The summed E-state index contributed by atoms with van der Waals surface area (Å²) in [6.45, 7) is 0. The van der Waals surface area contributed by atoms with Gasteiger partial charge in [0, 0.05) is 25.4 Å². The zero-order chi connectivity index (χ0) is 21.1. The van der Waals surface area contributed by atoms with Crippen LogP contribution in [-0.4, -0.2) is 41.0 Å². The SMILES string of the molecule is COc1ccc(C(C#CC(=CC(OC)OC)c2ccc(OC)cc2)=CC=O)cc1. The van der Waals surface area contributed by atoms with E-state index in [-0.39, 0.29) is 0 Å². The van der Waals surface area contributed by atoms with E-state index in [2.05, 4.69) is 11.8 Å². The van der Waals surface area contributed by atoms with Crippen molar-refractivity contribution in [2.45, 2.75) is 6.29 Å². The normalized spacial score (nSPS) is 11.6. The first-order valence-electron chi connectivity index (χ1n) is 8.89. The summed E-state index contributed by atoms with van der Waals surface area (Å²) in [6.07, 6.45) is 3.38. The molecule has 2 rings (SSSR count). The van der Waals surface area contributed by atoms with Crippen LogP contribution in [0.4, 0.5) is 0 Å². The van der Waals surface area contributed by atoms with Crippen LogP contribution in [0.25, 0.3) is 11.1 Å². The minimum absolute atomic E-state index is 0.555. The Labute approximate surface area is 171 Å². The first-order chi connectivity index (χ1) is 14.1. The molecule has 0 aliphatic carbocycles. The number of rotatable bonds is 8. The maximum absolute atomic E-state index is 11.1. The Kier molecular flexibility index (Phi) is 8.71. The van der Waals surface area contributed by atoms with Gasteiger partial charge in [-0.1, -0.05) is 36.1 Å². The van der Waals surface area contributed by atoms with Crippen LogP contribution < -0.4 is 9.47 Å². The molecule has 150 valence electrons. The van der Waals surface area contributed by atoms with Gasteiger partial charge >= 0.3 is 0 Å². The van der Waals surface area contributed by atoms with Crippen molar-refractivity contribution in [3.63, 3.8) is 0 Å².